The summed E-state index contributed by atoms with van der Waals surface area (Å²) < 4.78 is 1.19. The number of ketones is 1. The molecule has 0 unspecified atom stereocenters. The van der Waals surface area contributed by atoms with Crippen LogP contribution in [0.2, 0.25) is 0 Å². The van der Waals surface area contributed by atoms with Crippen molar-refractivity contribution >= 4 is 11.7 Å². The zero-order chi connectivity index (χ0) is 14.1. The fourth-order valence-corrected chi connectivity index (χ4v) is 1.57. The molecule has 0 aliphatic heterocycles. The van der Waals surface area contributed by atoms with E-state index in [0.717, 1.165) is 0 Å². The van der Waals surface area contributed by atoms with Crippen molar-refractivity contribution in [3.63, 3.8) is 0 Å². The second-order valence-corrected chi connectivity index (χ2v) is 5.15. The fourth-order valence-electron chi connectivity index (χ4n) is 1.57. The Morgan fingerprint density at radius 3 is 2.22 bits per heavy atom. The number of hydrogen-bond acceptors (Lipinski definition) is 3. The van der Waals surface area contributed by atoms with Gasteiger partial charge in [0.1, 0.15) is 5.69 Å². The predicted octanol–water partition coefficient (Wildman–Crippen LogP) is 0.974. The predicted molar refractivity (Wildman–Crippen MR) is 68.9 cm³/mol. The molecular weight excluding hydrogens is 232 g/mol. The molecule has 0 saturated heterocycles. The number of rotatable bonds is 2. The van der Waals surface area contributed by atoms with Crippen LogP contribution in [0.25, 0.3) is 0 Å². The SMILES string of the molecule is CNC(=O)c1ccc(C(=O)C(C)(C)C)c(=O)n1C. The average Bonchev–Trinajstić information content (AvgIpc) is 2.29. The molecule has 1 N–H and O–H groups in total. The third-order valence-corrected chi connectivity index (χ3v) is 2.69. The van der Waals surface area contributed by atoms with Crippen LogP contribution in [0.3, 0.4) is 0 Å². The summed E-state index contributed by atoms with van der Waals surface area (Å²) in [6, 6.07) is 2.90. The van der Waals surface area contributed by atoms with E-state index in [1.807, 2.05) is 0 Å². The minimum absolute atomic E-state index is 0.109. The lowest BCUT2D eigenvalue weighted by molar-refractivity contribution is 0.0854. The van der Waals surface area contributed by atoms with E-state index in [1.54, 1.807) is 20.8 Å². The van der Waals surface area contributed by atoms with Gasteiger partial charge < -0.3 is 9.88 Å². The van der Waals surface area contributed by atoms with E-state index in [-0.39, 0.29) is 22.9 Å². The lowest BCUT2D eigenvalue weighted by Gasteiger charge is -2.17. The van der Waals surface area contributed by atoms with Gasteiger partial charge in [-0.3, -0.25) is 14.4 Å². The number of hydrogen-bond donors (Lipinski definition) is 1. The van der Waals surface area contributed by atoms with Crippen molar-refractivity contribution in [3.8, 4) is 0 Å². The van der Waals surface area contributed by atoms with Gasteiger partial charge in [-0.1, -0.05) is 20.8 Å². The molecule has 1 aromatic rings. The average molecular weight is 250 g/mol. The summed E-state index contributed by atoms with van der Waals surface area (Å²) in [5, 5.41) is 2.44. The topological polar surface area (TPSA) is 68.2 Å². The van der Waals surface area contributed by atoms with E-state index in [4.69, 9.17) is 0 Å². The maximum atomic E-state index is 12.1. The first-order valence-electron chi connectivity index (χ1n) is 5.67. The molecule has 0 atom stereocenters. The van der Waals surface area contributed by atoms with Gasteiger partial charge in [-0.25, -0.2) is 0 Å². The van der Waals surface area contributed by atoms with Crippen molar-refractivity contribution in [1.29, 1.82) is 0 Å². The maximum Gasteiger partial charge on any atom is 0.267 e. The summed E-state index contributed by atoms with van der Waals surface area (Å²) in [4.78, 5) is 35.6. The van der Waals surface area contributed by atoms with E-state index in [9.17, 15) is 14.4 Å². The number of carbonyl (C=O) groups excluding carboxylic acids is 2. The Labute approximate surface area is 106 Å². The Balaban J connectivity index is 3.38. The Morgan fingerprint density at radius 1 is 1.22 bits per heavy atom. The summed E-state index contributed by atoms with van der Waals surface area (Å²) >= 11 is 0. The summed E-state index contributed by atoms with van der Waals surface area (Å²) in [5.74, 6) is -0.587. The molecule has 5 nitrogen and oxygen atoms in total. The molecule has 18 heavy (non-hydrogen) atoms. The van der Waals surface area contributed by atoms with Crippen LogP contribution in [0, 0.1) is 5.41 Å². The maximum absolute atomic E-state index is 12.1. The monoisotopic (exact) mass is 250 g/mol. The van der Waals surface area contributed by atoms with E-state index >= 15 is 0 Å². The van der Waals surface area contributed by atoms with Gasteiger partial charge >= 0.3 is 0 Å². The van der Waals surface area contributed by atoms with Crippen molar-refractivity contribution in [3.05, 3.63) is 33.7 Å². The molecule has 1 heterocycles. The number of aromatic nitrogens is 1. The second kappa shape index (κ2) is 4.76. The molecule has 98 valence electrons. The Morgan fingerprint density at radius 2 is 1.78 bits per heavy atom. The van der Waals surface area contributed by atoms with Crippen LogP contribution in [0.1, 0.15) is 41.6 Å². The number of nitrogens with one attached hydrogen (secondary N) is 1. The zero-order valence-corrected chi connectivity index (χ0v) is 11.3. The molecule has 0 radical (unpaired) electrons. The van der Waals surface area contributed by atoms with Gasteiger partial charge in [0.05, 0.1) is 5.56 Å². The van der Waals surface area contributed by atoms with Crippen LogP contribution in [-0.2, 0) is 7.05 Å². The standard InChI is InChI=1S/C13H18N2O3/c1-13(2,3)10(16)8-6-7-9(11(17)14-4)15(5)12(8)18/h6-7H,1-5H3,(H,14,17). The smallest absolute Gasteiger partial charge is 0.267 e. The number of amides is 1. The highest BCUT2D eigenvalue weighted by Crippen LogP contribution is 2.18. The highest BCUT2D eigenvalue weighted by Gasteiger charge is 2.26. The summed E-state index contributed by atoms with van der Waals surface area (Å²) in [7, 11) is 2.97. The van der Waals surface area contributed by atoms with Gasteiger partial charge in [-0.15, -0.1) is 0 Å². The van der Waals surface area contributed by atoms with Gasteiger partial charge in [0.15, 0.2) is 5.78 Å². The number of Topliss-reactive ketones (excluding diaryl/α,β-unsaturated/α-hetero) is 1. The molecule has 0 aromatic carbocycles. The largest absolute Gasteiger partial charge is 0.354 e. The van der Waals surface area contributed by atoms with Crippen molar-refractivity contribution in [2.24, 2.45) is 12.5 Å². The van der Waals surface area contributed by atoms with E-state index in [1.165, 1.54) is 30.8 Å². The van der Waals surface area contributed by atoms with Gasteiger partial charge in [0.25, 0.3) is 11.5 Å². The van der Waals surface area contributed by atoms with Gasteiger partial charge in [0, 0.05) is 19.5 Å². The van der Waals surface area contributed by atoms with E-state index in [0.29, 0.717) is 0 Å². The summed E-state index contributed by atoms with van der Waals surface area (Å²) in [6.45, 7) is 5.25. The molecule has 0 aliphatic carbocycles. The van der Waals surface area contributed by atoms with Crippen LogP contribution >= 0.6 is 0 Å². The molecule has 1 rings (SSSR count). The molecule has 0 fully saturated rings. The highest BCUT2D eigenvalue weighted by molar-refractivity contribution is 6.00. The second-order valence-electron chi connectivity index (χ2n) is 5.15. The van der Waals surface area contributed by atoms with Crippen molar-refractivity contribution in [2.75, 3.05) is 7.05 Å². The lowest BCUT2D eigenvalue weighted by Crippen LogP contribution is -2.34. The summed E-state index contributed by atoms with van der Waals surface area (Å²) in [6.07, 6.45) is 0. The van der Waals surface area contributed by atoms with Gasteiger partial charge in [0.2, 0.25) is 0 Å². The minimum Gasteiger partial charge on any atom is -0.354 e. The molecule has 0 aliphatic rings. The third-order valence-electron chi connectivity index (χ3n) is 2.69. The number of nitrogens with zero attached hydrogens (tertiary/aromatic N) is 1. The van der Waals surface area contributed by atoms with Crippen molar-refractivity contribution in [2.45, 2.75) is 20.8 Å². The Kier molecular flexibility index (Phi) is 3.74. The zero-order valence-electron chi connectivity index (χ0n) is 11.3. The highest BCUT2D eigenvalue weighted by atomic mass is 16.2. The van der Waals surface area contributed by atoms with Crippen molar-refractivity contribution < 1.29 is 9.59 Å². The minimum atomic E-state index is -0.624. The van der Waals surface area contributed by atoms with Gasteiger partial charge in [-0.2, -0.15) is 0 Å². The number of carbonyl (C=O) groups is 2. The van der Waals surface area contributed by atoms with Crippen LogP contribution in [0.5, 0.6) is 0 Å². The quantitative estimate of drug-likeness (QED) is 0.795. The van der Waals surface area contributed by atoms with Crippen molar-refractivity contribution in [1.82, 2.24) is 9.88 Å². The summed E-state index contributed by atoms with van der Waals surface area (Å²) in [5.41, 5.74) is -0.734. The Hall–Kier alpha value is -1.91. The molecule has 0 bridgehead atoms. The van der Waals surface area contributed by atoms with Crippen LogP contribution in [0.15, 0.2) is 16.9 Å². The number of pyridine rings is 1. The van der Waals surface area contributed by atoms with Crippen LogP contribution in [0.4, 0.5) is 0 Å². The first-order valence-corrected chi connectivity index (χ1v) is 5.67. The van der Waals surface area contributed by atoms with Gasteiger partial charge in [-0.05, 0) is 12.1 Å². The van der Waals surface area contributed by atoms with Crippen LogP contribution in [-0.4, -0.2) is 23.3 Å². The first-order chi connectivity index (χ1) is 8.20. The molecular formula is C13H18N2O3. The van der Waals surface area contributed by atoms with E-state index < -0.39 is 11.0 Å². The van der Waals surface area contributed by atoms with E-state index in [2.05, 4.69) is 5.32 Å². The Bertz CT molecular complexity index is 550. The molecule has 1 amide bonds. The van der Waals surface area contributed by atoms with Crippen LogP contribution < -0.4 is 10.9 Å². The third kappa shape index (κ3) is 2.50. The first kappa shape index (κ1) is 14.2. The molecule has 0 saturated carbocycles. The normalized spacial score (nSPS) is 11.2. The fraction of sp³-hybridized carbons (Fsp3) is 0.462. The lowest BCUT2D eigenvalue weighted by atomic mass is 9.87. The molecule has 0 spiro atoms. The molecule has 5 heteroatoms. The molecule has 1 aromatic heterocycles.